The number of unbranched alkanes of at least 4 members (excludes halogenated alkanes) is 1. The maximum Gasteiger partial charge on any atom is 0.233 e. The van der Waals surface area contributed by atoms with E-state index in [-0.39, 0.29) is 5.91 Å². The summed E-state index contributed by atoms with van der Waals surface area (Å²) >= 11 is 0. The predicted octanol–water partition coefficient (Wildman–Crippen LogP) is 0.173. The lowest BCUT2D eigenvalue weighted by atomic mass is 10.0. The van der Waals surface area contributed by atoms with Crippen LogP contribution in [0.1, 0.15) is 32.1 Å². The molecule has 1 amide bonds. The zero-order chi connectivity index (χ0) is 12.7. The molecule has 0 bridgehead atoms. The van der Waals surface area contributed by atoms with Gasteiger partial charge in [-0.3, -0.25) is 10.2 Å². The third-order valence-electron chi connectivity index (χ3n) is 3.64. The Balaban J connectivity index is 2.08. The molecule has 17 heavy (non-hydrogen) atoms. The summed E-state index contributed by atoms with van der Waals surface area (Å²) in [6, 6.07) is 0.717. The molecule has 1 aliphatic heterocycles. The number of likely N-dealkylation sites (tertiary alicyclic amines) is 1. The van der Waals surface area contributed by atoms with Crippen LogP contribution >= 0.6 is 0 Å². The second kappa shape index (κ2) is 7.63. The van der Waals surface area contributed by atoms with Crippen molar-refractivity contribution in [1.82, 2.24) is 15.2 Å². The molecular formula is C12H26N4O. The number of nitrogens with one attached hydrogen (secondary N) is 1. The van der Waals surface area contributed by atoms with Gasteiger partial charge in [0.2, 0.25) is 5.91 Å². The van der Waals surface area contributed by atoms with Gasteiger partial charge in [-0.15, -0.1) is 0 Å². The average Bonchev–Trinajstić information content (AvgIpc) is 2.34. The van der Waals surface area contributed by atoms with E-state index < -0.39 is 0 Å². The molecule has 3 N–H and O–H groups in total. The van der Waals surface area contributed by atoms with Crippen LogP contribution in [0.25, 0.3) is 0 Å². The number of piperidine rings is 1. The Bertz CT molecular complexity index is 227. The Labute approximate surface area is 104 Å². The standard InChI is InChI=1S/C12H26N4O/c1-15-9-6-11(7-10-15)16(2)8-4-3-5-12(17)14-13/h11H,3-10,13H2,1-2H3,(H,14,17). The molecule has 1 saturated heterocycles. The molecule has 1 heterocycles. The van der Waals surface area contributed by atoms with Crippen molar-refractivity contribution >= 4 is 5.91 Å². The lowest BCUT2D eigenvalue weighted by molar-refractivity contribution is -0.121. The Morgan fingerprint density at radius 2 is 2.06 bits per heavy atom. The summed E-state index contributed by atoms with van der Waals surface area (Å²) in [4.78, 5) is 15.8. The normalized spacial score (nSPS) is 18.6. The topological polar surface area (TPSA) is 61.6 Å². The van der Waals surface area contributed by atoms with Crippen molar-refractivity contribution in [3.8, 4) is 0 Å². The maximum atomic E-state index is 10.9. The number of amides is 1. The fraction of sp³-hybridized carbons (Fsp3) is 0.917. The zero-order valence-corrected chi connectivity index (χ0v) is 11.1. The van der Waals surface area contributed by atoms with E-state index in [1.165, 1.54) is 25.9 Å². The van der Waals surface area contributed by atoms with Crippen molar-refractivity contribution in [3.05, 3.63) is 0 Å². The van der Waals surface area contributed by atoms with Crippen LogP contribution in [0.15, 0.2) is 0 Å². The summed E-state index contributed by atoms with van der Waals surface area (Å²) in [5.74, 6) is 4.97. The highest BCUT2D eigenvalue weighted by atomic mass is 16.2. The van der Waals surface area contributed by atoms with Crippen LogP contribution in [0.2, 0.25) is 0 Å². The first kappa shape index (κ1) is 14.4. The van der Waals surface area contributed by atoms with Gasteiger partial charge in [-0.2, -0.15) is 0 Å². The van der Waals surface area contributed by atoms with Crippen LogP contribution in [0, 0.1) is 0 Å². The molecule has 1 fully saturated rings. The van der Waals surface area contributed by atoms with E-state index in [4.69, 9.17) is 5.84 Å². The highest BCUT2D eigenvalue weighted by Crippen LogP contribution is 2.14. The van der Waals surface area contributed by atoms with Crippen molar-refractivity contribution < 1.29 is 4.79 Å². The van der Waals surface area contributed by atoms with Gasteiger partial charge in [0.15, 0.2) is 0 Å². The van der Waals surface area contributed by atoms with Gasteiger partial charge in [0.25, 0.3) is 0 Å². The molecule has 0 radical (unpaired) electrons. The molecule has 1 aliphatic rings. The smallest absolute Gasteiger partial charge is 0.233 e. The number of hydrogen-bond acceptors (Lipinski definition) is 4. The van der Waals surface area contributed by atoms with E-state index in [0.717, 1.165) is 25.4 Å². The number of nitrogens with two attached hydrogens (primary N) is 1. The van der Waals surface area contributed by atoms with E-state index in [1.54, 1.807) is 0 Å². The summed E-state index contributed by atoms with van der Waals surface area (Å²) in [6.45, 7) is 3.47. The molecule has 0 unspecified atom stereocenters. The van der Waals surface area contributed by atoms with Gasteiger partial charge in [0, 0.05) is 12.5 Å². The second-order valence-electron chi connectivity index (χ2n) is 5.04. The SMILES string of the molecule is CN1CCC(N(C)CCCCC(=O)NN)CC1. The Hall–Kier alpha value is -0.650. The monoisotopic (exact) mass is 242 g/mol. The molecule has 0 aliphatic carbocycles. The van der Waals surface area contributed by atoms with Crippen molar-refractivity contribution in [1.29, 1.82) is 0 Å². The molecule has 0 aromatic carbocycles. The zero-order valence-electron chi connectivity index (χ0n) is 11.1. The number of hydrazine groups is 1. The first-order valence-corrected chi connectivity index (χ1v) is 6.51. The number of carbonyl (C=O) groups is 1. The van der Waals surface area contributed by atoms with Gasteiger partial charge < -0.3 is 9.80 Å². The molecule has 0 saturated carbocycles. The largest absolute Gasteiger partial charge is 0.306 e. The Kier molecular flexibility index (Phi) is 6.47. The lowest BCUT2D eigenvalue weighted by Crippen LogP contribution is -2.42. The highest BCUT2D eigenvalue weighted by Gasteiger charge is 2.19. The number of rotatable bonds is 6. The molecule has 0 spiro atoms. The van der Waals surface area contributed by atoms with E-state index in [9.17, 15) is 4.79 Å². The molecule has 0 aromatic rings. The summed E-state index contributed by atoms with van der Waals surface area (Å²) in [6.07, 6.45) is 5.04. The lowest BCUT2D eigenvalue weighted by Gasteiger charge is -2.35. The van der Waals surface area contributed by atoms with E-state index in [2.05, 4.69) is 29.3 Å². The fourth-order valence-electron chi connectivity index (χ4n) is 2.34. The third-order valence-corrected chi connectivity index (χ3v) is 3.64. The van der Waals surface area contributed by atoms with Crippen LogP contribution in [0.3, 0.4) is 0 Å². The van der Waals surface area contributed by atoms with E-state index in [0.29, 0.717) is 6.42 Å². The first-order valence-electron chi connectivity index (χ1n) is 6.51. The Morgan fingerprint density at radius 3 is 2.65 bits per heavy atom. The summed E-state index contributed by atoms with van der Waals surface area (Å²) < 4.78 is 0. The van der Waals surface area contributed by atoms with Crippen molar-refractivity contribution in [2.75, 3.05) is 33.7 Å². The van der Waals surface area contributed by atoms with Gasteiger partial charge >= 0.3 is 0 Å². The highest BCUT2D eigenvalue weighted by molar-refractivity contribution is 5.75. The van der Waals surface area contributed by atoms with Gasteiger partial charge in [-0.25, -0.2) is 5.84 Å². The number of carbonyl (C=O) groups excluding carboxylic acids is 1. The molecule has 100 valence electrons. The quantitative estimate of drug-likeness (QED) is 0.302. The molecule has 0 aromatic heterocycles. The third kappa shape index (κ3) is 5.48. The minimum atomic E-state index is -0.0630. The van der Waals surface area contributed by atoms with Crippen LogP contribution in [-0.2, 0) is 4.79 Å². The van der Waals surface area contributed by atoms with E-state index in [1.807, 2.05) is 0 Å². The van der Waals surface area contributed by atoms with Crippen LogP contribution in [-0.4, -0.2) is 55.5 Å². The van der Waals surface area contributed by atoms with Gasteiger partial charge in [-0.05, 0) is 59.4 Å². The summed E-state index contributed by atoms with van der Waals surface area (Å²) in [7, 11) is 4.38. The molecule has 1 rings (SSSR count). The maximum absolute atomic E-state index is 10.9. The predicted molar refractivity (Wildman–Crippen MR) is 69.3 cm³/mol. The average molecular weight is 242 g/mol. The van der Waals surface area contributed by atoms with Crippen molar-refractivity contribution in [2.24, 2.45) is 5.84 Å². The molecular weight excluding hydrogens is 216 g/mol. The molecule has 5 heteroatoms. The minimum absolute atomic E-state index is 0.0630. The van der Waals surface area contributed by atoms with Crippen molar-refractivity contribution in [3.63, 3.8) is 0 Å². The molecule has 5 nitrogen and oxygen atoms in total. The minimum Gasteiger partial charge on any atom is -0.306 e. The molecule has 0 atom stereocenters. The van der Waals surface area contributed by atoms with Gasteiger partial charge in [0.1, 0.15) is 0 Å². The van der Waals surface area contributed by atoms with Crippen LogP contribution < -0.4 is 11.3 Å². The summed E-state index contributed by atoms with van der Waals surface area (Å²) in [5.41, 5.74) is 2.16. The fourth-order valence-corrected chi connectivity index (χ4v) is 2.34. The van der Waals surface area contributed by atoms with E-state index >= 15 is 0 Å². The Morgan fingerprint density at radius 1 is 1.41 bits per heavy atom. The van der Waals surface area contributed by atoms with Crippen molar-refractivity contribution in [2.45, 2.75) is 38.1 Å². The van der Waals surface area contributed by atoms with Gasteiger partial charge in [-0.1, -0.05) is 0 Å². The summed E-state index contributed by atoms with van der Waals surface area (Å²) in [5, 5.41) is 0. The second-order valence-corrected chi connectivity index (χ2v) is 5.04. The van der Waals surface area contributed by atoms with Crippen LogP contribution in [0.4, 0.5) is 0 Å². The number of nitrogens with zero attached hydrogens (tertiary/aromatic N) is 2. The van der Waals surface area contributed by atoms with Crippen LogP contribution in [0.5, 0.6) is 0 Å². The first-order chi connectivity index (χ1) is 8.13. The van der Waals surface area contributed by atoms with Gasteiger partial charge in [0.05, 0.1) is 0 Å². The number of hydrogen-bond donors (Lipinski definition) is 2.